The van der Waals surface area contributed by atoms with E-state index in [1.165, 1.54) is 6.07 Å². The van der Waals surface area contributed by atoms with Gasteiger partial charge in [0, 0.05) is 30.2 Å². The normalized spacial score (nSPS) is 10.8. The highest BCUT2D eigenvalue weighted by atomic mass is 79.9. The summed E-state index contributed by atoms with van der Waals surface area (Å²) in [6.45, 7) is 5.13. The predicted octanol–water partition coefficient (Wildman–Crippen LogP) is 1.71. The average molecular weight is 311 g/mol. The maximum atomic E-state index is 11.6. The number of nitrogens with zero attached hydrogens (tertiary/aromatic N) is 3. The van der Waals surface area contributed by atoms with Gasteiger partial charge in [-0.15, -0.1) is 0 Å². The van der Waals surface area contributed by atoms with E-state index in [-0.39, 0.29) is 5.56 Å². The molecule has 2 aromatic heterocycles. The summed E-state index contributed by atoms with van der Waals surface area (Å²) in [4.78, 5) is 11.6. The van der Waals surface area contributed by atoms with Crippen LogP contribution < -0.4 is 11.3 Å². The topological polar surface area (TPSA) is 65.8 Å². The minimum Gasteiger partial charge on any atom is -0.398 e. The van der Waals surface area contributed by atoms with E-state index in [0.29, 0.717) is 18.8 Å². The number of aryl methyl sites for hydroxylation is 3. The number of aromatic nitrogens is 3. The van der Waals surface area contributed by atoms with Crippen molar-refractivity contribution in [2.45, 2.75) is 26.9 Å². The Kier molecular flexibility index (Phi) is 3.56. The molecule has 0 unspecified atom stereocenters. The van der Waals surface area contributed by atoms with Crippen molar-refractivity contribution in [3.8, 4) is 0 Å². The van der Waals surface area contributed by atoms with Crippen LogP contribution in [-0.2, 0) is 13.1 Å². The Bertz CT molecular complexity index is 629. The van der Waals surface area contributed by atoms with Crippen molar-refractivity contribution >= 4 is 21.6 Å². The third-order valence-electron chi connectivity index (χ3n) is 2.85. The highest BCUT2D eigenvalue weighted by Crippen LogP contribution is 2.19. The molecule has 0 aliphatic carbocycles. The molecule has 0 radical (unpaired) electrons. The Morgan fingerprint density at radius 3 is 2.67 bits per heavy atom. The molecule has 0 saturated heterocycles. The Balaban J connectivity index is 2.19. The van der Waals surface area contributed by atoms with E-state index < -0.39 is 0 Å². The molecule has 2 N–H and O–H groups in total. The fourth-order valence-electron chi connectivity index (χ4n) is 1.82. The Labute approximate surface area is 113 Å². The van der Waals surface area contributed by atoms with Crippen molar-refractivity contribution < 1.29 is 0 Å². The highest BCUT2D eigenvalue weighted by molar-refractivity contribution is 9.10. The van der Waals surface area contributed by atoms with Gasteiger partial charge in [0.2, 0.25) is 0 Å². The number of rotatable bonds is 3. The minimum atomic E-state index is -0.0511. The summed E-state index contributed by atoms with van der Waals surface area (Å²) >= 11 is 3.48. The molecule has 0 spiro atoms. The standard InChI is InChI=1S/C12H15BrN4O/c1-8-12(13)9(2)17(15-8)6-5-16-7-10(14)3-4-11(16)18/h3-4,7H,5-6,14H2,1-2H3. The van der Waals surface area contributed by atoms with Gasteiger partial charge in [-0.2, -0.15) is 5.10 Å². The molecule has 18 heavy (non-hydrogen) atoms. The van der Waals surface area contributed by atoms with Gasteiger partial charge in [-0.05, 0) is 35.8 Å². The third kappa shape index (κ3) is 2.48. The first-order valence-corrected chi connectivity index (χ1v) is 6.44. The van der Waals surface area contributed by atoms with Crippen LogP contribution in [0.3, 0.4) is 0 Å². The Morgan fingerprint density at radius 2 is 2.06 bits per heavy atom. The lowest BCUT2D eigenvalue weighted by molar-refractivity contribution is 0.512. The molecule has 0 saturated carbocycles. The van der Waals surface area contributed by atoms with Crippen LogP contribution in [0, 0.1) is 13.8 Å². The lowest BCUT2D eigenvalue weighted by Crippen LogP contribution is -2.22. The summed E-state index contributed by atoms with van der Waals surface area (Å²) in [5, 5.41) is 4.40. The first-order valence-electron chi connectivity index (χ1n) is 5.64. The zero-order valence-electron chi connectivity index (χ0n) is 10.4. The molecule has 0 amide bonds. The van der Waals surface area contributed by atoms with Crippen molar-refractivity contribution in [3.05, 3.63) is 44.5 Å². The zero-order valence-corrected chi connectivity index (χ0v) is 11.9. The fourth-order valence-corrected chi connectivity index (χ4v) is 2.10. The second-order valence-electron chi connectivity index (χ2n) is 4.20. The van der Waals surface area contributed by atoms with E-state index in [1.807, 2.05) is 18.5 Å². The molecular weight excluding hydrogens is 296 g/mol. The number of hydrogen-bond acceptors (Lipinski definition) is 3. The van der Waals surface area contributed by atoms with Crippen LogP contribution in [-0.4, -0.2) is 14.3 Å². The van der Waals surface area contributed by atoms with Crippen molar-refractivity contribution in [2.75, 3.05) is 5.73 Å². The van der Waals surface area contributed by atoms with Gasteiger partial charge in [-0.25, -0.2) is 0 Å². The summed E-state index contributed by atoms with van der Waals surface area (Å²) in [7, 11) is 0. The maximum absolute atomic E-state index is 11.6. The smallest absolute Gasteiger partial charge is 0.250 e. The molecule has 2 aromatic rings. The molecule has 2 heterocycles. The highest BCUT2D eigenvalue weighted by Gasteiger charge is 2.08. The van der Waals surface area contributed by atoms with E-state index in [2.05, 4.69) is 21.0 Å². The van der Waals surface area contributed by atoms with E-state index >= 15 is 0 Å². The molecule has 0 bridgehead atoms. The van der Waals surface area contributed by atoms with Gasteiger partial charge >= 0.3 is 0 Å². The molecule has 0 aliphatic heterocycles. The van der Waals surface area contributed by atoms with Crippen molar-refractivity contribution in [1.82, 2.24) is 14.3 Å². The van der Waals surface area contributed by atoms with Gasteiger partial charge in [-0.3, -0.25) is 9.48 Å². The van der Waals surface area contributed by atoms with E-state index in [9.17, 15) is 4.79 Å². The van der Waals surface area contributed by atoms with Gasteiger partial charge in [-0.1, -0.05) is 0 Å². The third-order valence-corrected chi connectivity index (χ3v) is 4.00. The number of halogens is 1. The van der Waals surface area contributed by atoms with E-state index in [4.69, 9.17) is 5.73 Å². The van der Waals surface area contributed by atoms with Gasteiger partial charge in [0.1, 0.15) is 0 Å². The predicted molar refractivity (Wildman–Crippen MR) is 74.5 cm³/mol. The van der Waals surface area contributed by atoms with Crippen LogP contribution in [0.2, 0.25) is 0 Å². The Morgan fingerprint density at radius 1 is 1.33 bits per heavy atom. The molecule has 96 valence electrons. The van der Waals surface area contributed by atoms with Gasteiger partial charge in [0.25, 0.3) is 5.56 Å². The molecule has 0 atom stereocenters. The number of anilines is 1. The average Bonchev–Trinajstić information content (AvgIpc) is 2.58. The minimum absolute atomic E-state index is 0.0511. The summed E-state index contributed by atoms with van der Waals surface area (Å²) in [5.41, 5.74) is 8.21. The molecule has 5 nitrogen and oxygen atoms in total. The van der Waals surface area contributed by atoms with E-state index in [0.717, 1.165) is 15.9 Å². The van der Waals surface area contributed by atoms with Gasteiger partial charge < -0.3 is 10.3 Å². The monoisotopic (exact) mass is 310 g/mol. The maximum Gasteiger partial charge on any atom is 0.250 e. The number of hydrogen-bond donors (Lipinski definition) is 1. The van der Waals surface area contributed by atoms with Crippen molar-refractivity contribution in [2.24, 2.45) is 0 Å². The molecule has 0 fully saturated rings. The number of pyridine rings is 1. The fraction of sp³-hybridized carbons (Fsp3) is 0.333. The van der Waals surface area contributed by atoms with Crippen molar-refractivity contribution in [1.29, 1.82) is 0 Å². The molecule has 2 rings (SSSR count). The lowest BCUT2D eigenvalue weighted by Gasteiger charge is -2.08. The van der Waals surface area contributed by atoms with Crippen LogP contribution in [0.25, 0.3) is 0 Å². The molecule has 0 aromatic carbocycles. The summed E-state index contributed by atoms with van der Waals surface area (Å²) in [5.74, 6) is 0. The lowest BCUT2D eigenvalue weighted by atomic mass is 10.4. The second kappa shape index (κ2) is 4.97. The van der Waals surface area contributed by atoms with Crippen LogP contribution >= 0.6 is 15.9 Å². The van der Waals surface area contributed by atoms with E-state index in [1.54, 1.807) is 16.8 Å². The summed E-state index contributed by atoms with van der Waals surface area (Å²) < 4.78 is 4.50. The number of nitrogen functional groups attached to an aromatic ring is 1. The summed E-state index contributed by atoms with van der Waals surface area (Å²) in [6, 6.07) is 3.09. The zero-order chi connectivity index (χ0) is 13.3. The Hall–Kier alpha value is -1.56. The molecular formula is C12H15BrN4O. The largest absolute Gasteiger partial charge is 0.398 e. The van der Waals surface area contributed by atoms with Gasteiger partial charge in [0.15, 0.2) is 0 Å². The molecule has 0 aliphatic rings. The van der Waals surface area contributed by atoms with Crippen LogP contribution in [0.5, 0.6) is 0 Å². The number of nitrogens with two attached hydrogens (primary N) is 1. The molecule has 6 heteroatoms. The first-order chi connectivity index (χ1) is 8.49. The van der Waals surface area contributed by atoms with Crippen LogP contribution in [0.1, 0.15) is 11.4 Å². The van der Waals surface area contributed by atoms with Crippen LogP contribution in [0.4, 0.5) is 5.69 Å². The van der Waals surface area contributed by atoms with Crippen molar-refractivity contribution in [3.63, 3.8) is 0 Å². The SMILES string of the molecule is Cc1nn(CCn2cc(N)ccc2=O)c(C)c1Br. The van der Waals surface area contributed by atoms with Crippen LogP contribution in [0.15, 0.2) is 27.6 Å². The first kappa shape index (κ1) is 12.9. The van der Waals surface area contributed by atoms with Gasteiger partial charge in [0.05, 0.1) is 16.7 Å². The summed E-state index contributed by atoms with van der Waals surface area (Å²) in [6.07, 6.45) is 1.66. The second-order valence-corrected chi connectivity index (χ2v) is 5.00. The quantitative estimate of drug-likeness (QED) is 0.938.